The van der Waals surface area contributed by atoms with E-state index in [4.69, 9.17) is 9.47 Å². The van der Waals surface area contributed by atoms with Gasteiger partial charge in [-0.1, -0.05) is 0 Å². The van der Waals surface area contributed by atoms with Crippen molar-refractivity contribution < 1.29 is 32.6 Å². The first-order valence-electron chi connectivity index (χ1n) is 7.93. The molecule has 9 heteroatoms. The lowest BCUT2D eigenvalue weighted by molar-refractivity contribution is -0.119. The van der Waals surface area contributed by atoms with Gasteiger partial charge in [-0.3, -0.25) is 4.79 Å². The molecule has 0 aliphatic carbocycles. The Morgan fingerprint density at radius 3 is 2.44 bits per heavy atom. The monoisotopic (exact) mass is 397 g/mol. The van der Waals surface area contributed by atoms with Gasteiger partial charge in [-0.2, -0.15) is 0 Å². The van der Waals surface area contributed by atoms with Crippen molar-refractivity contribution >= 4 is 34.2 Å². The van der Waals surface area contributed by atoms with Crippen molar-refractivity contribution in [2.75, 3.05) is 18.5 Å². The third-order valence-corrected chi connectivity index (χ3v) is 4.73. The molecule has 0 saturated heterocycles. The molecular weight excluding hydrogens is 380 g/mol. The van der Waals surface area contributed by atoms with Crippen molar-refractivity contribution in [2.24, 2.45) is 0 Å². The molecule has 1 amide bonds. The van der Waals surface area contributed by atoms with Crippen LogP contribution in [0.15, 0.2) is 18.2 Å². The average Bonchev–Trinajstić information content (AvgIpc) is 2.86. The van der Waals surface area contributed by atoms with Crippen molar-refractivity contribution in [2.45, 2.75) is 20.8 Å². The predicted molar refractivity (Wildman–Crippen MR) is 95.0 cm³/mol. The molecule has 0 radical (unpaired) electrons. The average molecular weight is 397 g/mol. The van der Waals surface area contributed by atoms with E-state index in [1.807, 2.05) is 0 Å². The molecule has 0 atom stereocenters. The first-order chi connectivity index (χ1) is 12.7. The maximum absolute atomic E-state index is 13.5. The summed E-state index contributed by atoms with van der Waals surface area (Å²) in [5.74, 6) is -4.31. The lowest BCUT2D eigenvalue weighted by Crippen LogP contribution is -2.22. The smallest absolute Gasteiger partial charge is 0.341 e. The second-order valence-corrected chi connectivity index (χ2v) is 6.68. The van der Waals surface area contributed by atoms with Gasteiger partial charge in [0.1, 0.15) is 16.6 Å². The fraction of sp³-hybridized carbons (Fsp3) is 0.278. The molecule has 0 aliphatic heterocycles. The molecule has 6 nitrogen and oxygen atoms in total. The van der Waals surface area contributed by atoms with E-state index in [1.54, 1.807) is 20.8 Å². The van der Waals surface area contributed by atoms with Crippen LogP contribution in [0.5, 0.6) is 0 Å². The zero-order valence-electron chi connectivity index (χ0n) is 14.9. The molecule has 1 N–H and O–H groups in total. The number of rotatable bonds is 6. The summed E-state index contributed by atoms with van der Waals surface area (Å²) in [7, 11) is 0. The molecular formula is C18H17F2NO5S. The van der Waals surface area contributed by atoms with Crippen LogP contribution in [-0.2, 0) is 14.3 Å². The number of halogens is 2. The largest absolute Gasteiger partial charge is 0.462 e. The highest BCUT2D eigenvalue weighted by Gasteiger charge is 2.23. The molecule has 0 bridgehead atoms. The van der Waals surface area contributed by atoms with Crippen molar-refractivity contribution in [3.05, 3.63) is 51.4 Å². The quantitative estimate of drug-likeness (QED) is 0.753. The summed E-state index contributed by atoms with van der Waals surface area (Å²) >= 11 is 1.18. The summed E-state index contributed by atoms with van der Waals surface area (Å²) in [6.07, 6.45) is 0. The summed E-state index contributed by atoms with van der Waals surface area (Å²) < 4.78 is 36.1. The van der Waals surface area contributed by atoms with E-state index in [-0.39, 0.29) is 17.2 Å². The number of aryl methyl sites for hydroxylation is 1. The number of benzene rings is 1. The van der Waals surface area contributed by atoms with Crippen LogP contribution in [0.2, 0.25) is 0 Å². The topological polar surface area (TPSA) is 81.7 Å². The summed E-state index contributed by atoms with van der Waals surface area (Å²) in [6.45, 7) is 4.66. The van der Waals surface area contributed by atoms with Crippen LogP contribution in [0.25, 0.3) is 0 Å². The second-order valence-electron chi connectivity index (χ2n) is 5.46. The van der Waals surface area contributed by atoms with Crippen LogP contribution in [-0.4, -0.2) is 31.1 Å². The molecule has 2 aromatic rings. The molecule has 0 unspecified atom stereocenters. The van der Waals surface area contributed by atoms with Crippen LogP contribution in [0, 0.1) is 25.5 Å². The number of amides is 1. The highest BCUT2D eigenvalue weighted by atomic mass is 32.1. The third-order valence-electron chi connectivity index (χ3n) is 3.60. The molecule has 144 valence electrons. The van der Waals surface area contributed by atoms with Crippen LogP contribution in [0.4, 0.5) is 13.8 Å². The van der Waals surface area contributed by atoms with Gasteiger partial charge in [0.2, 0.25) is 0 Å². The van der Waals surface area contributed by atoms with Crippen LogP contribution >= 0.6 is 11.3 Å². The van der Waals surface area contributed by atoms with E-state index < -0.39 is 41.7 Å². The van der Waals surface area contributed by atoms with Gasteiger partial charge in [-0.05, 0) is 38.5 Å². The molecule has 1 aromatic heterocycles. The van der Waals surface area contributed by atoms with E-state index >= 15 is 0 Å². The van der Waals surface area contributed by atoms with E-state index in [2.05, 4.69) is 5.32 Å². The van der Waals surface area contributed by atoms with Crippen molar-refractivity contribution in [1.29, 1.82) is 0 Å². The standard InChI is InChI=1S/C18H17F2NO5S/c1-4-25-18(24)15-9(2)10(3)27-16(15)21-14(22)8-26-17(23)12-6-5-11(19)7-13(12)20/h5-7H,4,8H2,1-3H3,(H,21,22). The van der Waals surface area contributed by atoms with Gasteiger partial charge in [0, 0.05) is 10.9 Å². The zero-order valence-corrected chi connectivity index (χ0v) is 15.7. The molecule has 0 spiro atoms. The summed E-state index contributed by atoms with van der Waals surface area (Å²) in [5, 5.41) is 2.77. The minimum absolute atomic E-state index is 0.182. The van der Waals surface area contributed by atoms with Gasteiger partial charge >= 0.3 is 11.9 Å². The summed E-state index contributed by atoms with van der Waals surface area (Å²) in [6, 6.07) is 2.37. The van der Waals surface area contributed by atoms with Crippen LogP contribution < -0.4 is 5.32 Å². The minimum atomic E-state index is -1.10. The summed E-state index contributed by atoms with van der Waals surface area (Å²) in [5.41, 5.74) is 0.432. The Morgan fingerprint density at radius 2 is 1.81 bits per heavy atom. The zero-order chi connectivity index (χ0) is 20.1. The van der Waals surface area contributed by atoms with Gasteiger partial charge < -0.3 is 14.8 Å². The first-order valence-corrected chi connectivity index (χ1v) is 8.75. The number of nitrogens with one attached hydrogen (secondary N) is 1. The van der Waals surface area contributed by atoms with Crippen molar-refractivity contribution in [3.8, 4) is 0 Å². The molecule has 0 saturated carbocycles. The minimum Gasteiger partial charge on any atom is -0.462 e. The van der Waals surface area contributed by atoms with Gasteiger partial charge in [0.05, 0.1) is 17.7 Å². The van der Waals surface area contributed by atoms with E-state index in [1.165, 1.54) is 11.3 Å². The highest BCUT2D eigenvalue weighted by molar-refractivity contribution is 7.16. The lowest BCUT2D eigenvalue weighted by Gasteiger charge is -2.08. The van der Waals surface area contributed by atoms with Crippen LogP contribution in [0.1, 0.15) is 38.1 Å². The van der Waals surface area contributed by atoms with E-state index in [0.29, 0.717) is 11.6 Å². The Balaban J connectivity index is 2.05. The number of thiophene rings is 1. The maximum Gasteiger partial charge on any atom is 0.341 e. The number of carbonyl (C=O) groups excluding carboxylic acids is 3. The fourth-order valence-corrected chi connectivity index (χ4v) is 3.26. The van der Waals surface area contributed by atoms with E-state index in [0.717, 1.165) is 17.0 Å². The Hall–Kier alpha value is -2.81. The Morgan fingerprint density at radius 1 is 1.11 bits per heavy atom. The van der Waals surface area contributed by atoms with Crippen molar-refractivity contribution in [3.63, 3.8) is 0 Å². The molecule has 1 heterocycles. The molecule has 0 aliphatic rings. The summed E-state index contributed by atoms with van der Waals surface area (Å²) in [4.78, 5) is 36.8. The molecule has 27 heavy (non-hydrogen) atoms. The molecule has 0 fully saturated rings. The predicted octanol–water partition coefficient (Wildman–Crippen LogP) is 3.62. The SMILES string of the molecule is CCOC(=O)c1c(NC(=O)COC(=O)c2ccc(F)cc2F)sc(C)c1C. The van der Waals surface area contributed by atoms with E-state index in [9.17, 15) is 23.2 Å². The van der Waals surface area contributed by atoms with Gasteiger partial charge in [-0.25, -0.2) is 18.4 Å². The molecule has 1 aromatic carbocycles. The second kappa shape index (κ2) is 8.72. The Kier molecular flexibility index (Phi) is 6.62. The number of hydrogen-bond acceptors (Lipinski definition) is 6. The van der Waals surface area contributed by atoms with Gasteiger partial charge in [0.15, 0.2) is 6.61 Å². The Bertz CT molecular complexity index is 894. The first kappa shape index (κ1) is 20.5. The number of carbonyl (C=O) groups is 3. The number of hydrogen-bond donors (Lipinski definition) is 1. The lowest BCUT2D eigenvalue weighted by atomic mass is 10.1. The number of ether oxygens (including phenoxy) is 2. The normalized spacial score (nSPS) is 10.4. The van der Waals surface area contributed by atoms with Crippen molar-refractivity contribution in [1.82, 2.24) is 0 Å². The number of esters is 2. The maximum atomic E-state index is 13.5. The van der Waals surface area contributed by atoms with Gasteiger partial charge in [-0.15, -0.1) is 11.3 Å². The van der Waals surface area contributed by atoms with Crippen LogP contribution in [0.3, 0.4) is 0 Å². The van der Waals surface area contributed by atoms with Gasteiger partial charge in [0.25, 0.3) is 5.91 Å². The highest BCUT2D eigenvalue weighted by Crippen LogP contribution is 2.33. The Labute approximate surface area is 158 Å². The number of anilines is 1. The third kappa shape index (κ3) is 4.88. The fourth-order valence-electron chi connectivity index (χ4n) is 2.19. The molecule has 2 rings (SSSR count).